The highest BCUT2D eigenvalue weighted by Crippen LogP contribution is 2.38. The summed E-state index contributed by atoms with van der Waals surface area (Å²) >= 11 is 1.36. The number of nitrogens with zero attached hydrogens (tertiary/aromatic N) is 1. The van der Waals surface area contributed by atoms with Gasteiger partial charge in [0, 0.05) is 35.1 Å². The van der Waals surface area contributed by atoms with E-state index in [0.717, 1.165) is 54.9 Å². The van der Waals surface area contributed by atoms with Gasteiger partial charge >= 0.3 is 5.63 Å². The molecule has 0 aliphatic heterocycles. The Hall–Kier alpha value is -3.13. The van der Waals surface area contributed by atoms with Gasteiger partial charge in [-0.3, -0.25) is 9.59 Å². The zero-order chi connectivity index (χ0) is 22.1. The van der Waals surface area contributed by atoms with Crippen LogP contribution in [0.4, 0.5) is 10.7 Å². The molecule has 1 aromatic carbocycles. The predicted molar refractivity (Wildman–Crippen MR) is 123 cm³/mol. The van der Waals surface area contributed by atoms with Gasteiger partial charge in [-0.2, -0.15) is 0 Å². The molecule has 2 heterocycles. The van der Waals surface area contributed by atoms with Gasteiger partial charge in [-0.15, -0.1) is 11.3 Å². The van der Waals surface area contributed by atoms with Gasteiger partial charge in [0.05, 0.1) is 5.56 Å². The minimum absolute atomic E-state index is 0.107. The topological polar surface area (TPSA) is 106 Å². The fraction of sp³-hybridized carbons (Fsp3) is 0.348. The third-order valence-electron chi connectivity index (χ3n) is 5.74. The van der Waals surface area contributed by atoms with Crippen molar-refractivity contribution in [1.29, 1.82) is 0 Å². The Bertz CT molecular complexity index is 1220. The van der Waals surface area contributed by atoms with E-state index in [2.05, 4.69) is 24.1 Å². The molecule has 0 saturated carbocycles. The summed E-state index contributed by atoms with van der Waals surface area (Å²) in [4.78, 5) is 40.7. The van der Waals surface area contributed by atoms with Gasteiger partial charge < -0.3 is 20.4 Å². The van der Waals surface area contributed by atoms with Gasteiger partial charge in [0.15, 0.2) is 0 Å². The third-order valence-corrected chi connectivity index (χ3v) is 6.94. The largest absolute Gasteiger partial charge is 0.422 e. The summed E-state index contributed by atoms with van der Waals surface area (Å²) in [7, 11) is 0. The molecule has 0 unspecified atom stereocenters. The number of fused-ring (bicyclic) bond motifs is 2. The van der Waals surface area contributed by atoms with E-state index in [1.54, 1.807) is 0 Å². The lowest BCUT2D eigenvalue weighted by atomic mass is 9.95. The Morgan fingerprint density at radius 3 is 2.61 bits per heavy atom. The van der Waals surface area contributed by atoms with Crippen LogP contribution in [0.3, 0.4) is 0 Å². The summed E-state index contributed by atoms with van der Waals surface area (Å²) in [5.41, 5.74) is 7.44. The Labute approximate surface area is 183 Å². The van der Waals surface area contributed by atoms with Crippen LogP contribution in [0.5, 0.6) is 0 Å². The first-order valence-electron chi connectivity index (χ1n) is 10.5. The maximum absolute atomic E-state index is 12.9. The SMILES string of the molecule is CCN(CC)c1ccc2cc(C(=O)Nc3sc4c(c3C(N)=O)CCCC4)c(=O)oc2c1. The summed E-state index contributed by atoms with van der Waals surface area (Å²) in [6.45, 7) is 5.78. The molecular weight excluding hydrogens is 414 g/mol. The van der Waals surface area contributed by atoms with Crippen LogP contribution in [-0.2, 0) is 12.8 Å². The number of aryl methyl sites for hydroxylation is 1. The average molecular weight is 440 g/mol. The third kappa shape index (κ3) is 3.95. The molecule has 31 heavy (non-hydrogen) atoms. The van der Waals surface area contributed by atoms with E-state index in [0.29, 0.717) is 21.5 Å². The summed E-state index contributed by atoms with van der Waals surface area (Å²) in [5, 5.41) is 3.79. The molecule has 3 N–H and O–H groups in total. The molecule has 4 rings (SSSR count). The molecule has 1 aliphatic carbocycles. The highest BCUT2D eigenvalue weighted by Gasteiger charge is 2.26. The Morgan fingerprint density at radius 2 is 1.90 bits per heavy atom. The monoisotopic (exact) mass is 439 g/mol. The second-order valence-electron chi connectivity index (χ2n) is 7.58. The summed E-state index contributed by atoms with van der Waals surface area (Å²) < 4.78 is 5.46. The lowest BCUT2D eigenvalue weighted by Gasteiger charge is -2.21. The minimum Gasteiger partial charge on any atom is -0.422 e. The van der Waals surface area contributed by atoms with E-state index in [-0.39, 0.29) is 5.56 Å². The van der Waals surface area contributed by atoms with E-state index >= 15 is 0 Å². The Morgan fingerprint density at radius 1 is 1.16 bits per heavy atom. The van der Waals surface area contributed by atoms with E-state index in [1.807, 2.05) is 18.2 Å². The molecule has 162 valence electrons. The van der Waals surface area contributed by atoms with Gasteiger partial charge in [-0.25, -0.2) is 4.79 Å². The molecule has 3 aromatic rings. The van der Waals surface area contributed by atoms with Crippen LogP contribution in [0.1, 0.15) is 57.8 Å². The second kappa shape index (κ2) is 8.55. The number of nitrogens with one attached hydrogen (secondary N) is 1. The van der Waals surface area contributed by atoms with Crippen LogP contribution < -0.4 is 21.6 Å². The molecule has 0 atom stereocenters. The van der Waals surface area contributed by atoms with Crippen molar-refractivity contribution in [3.63, 3.8) is 0 Å². The number of nitrogens with two attached hydrogens (primary N) is 1. The van der Waals surface area contributed by atoms with Crippen LogP contribution in [0.15, 0.2) is 33.5 Å². The number of carbonyl (C=O) groups excluding carboxylic acids is 2. The van der Waals surface area contributed by atoms with Crippen molar-refractivity contribution in [2.24, 2.45) is 5.73 Å². The number of primary amides is 1. The average Bonchev–Trinajstić information content (AvgIpc) is 3.12. The summed E-state index contributed by atoms with van der Waals surface area (Å²) in [6, 6.07) is 7.11. The Balaban J connectivity index is 1.68. The van der Waals surface area contributed by atoms with Crippen molar-refractivity contribution in [1.82, 2.24) is 0 Å². The molecule has 0 spiro atoms. The number of hydrogen-bond acceptors (Lipinski definition) is 6. The number of amides is 2. The molecule has 7 nitrogen and oxygen atoms in total. The van der Waals surface area contributed by atoms with Crippen LogP contribution in [0.25, 0.3) is 11.0 Å². The predicted octanol–water partition coefficient (Wildman–Crippen LogP) is 3.93. The maximum Gasteiger partial charge on any atom is 0.349 e. The molecule has 0 radical (unpaired) electrons. The van der Waals surface area contributed by atoms with Crippen LogP contribution in [0.2, 0.25) is 0 Å². The van der Waals surface area contributed by atoms with Crippen molar-refractivity contribution in [2.75, 3.05) is 23.3 Å². The van der Waals surface area contributed by atoms with Crippen molar-refractivity contribution >= 4 is 44.8 Å². The fourth-order valence-corrected chi connectivity index (χ4v) is 5.42. The first-order chi connectivity index (χ1) is 14.9. The highest BCUT2D eigenvalue weighted by atomic mass is 32.1. The standard InChI is InChI=1S/C23H25N3O4S/c1-3-26(4-2)14-10-9-13-11-16(23(29)30-17(13)12-14)21(28)25-22-19(20(24)27)15-7-5-6-8-18(15)31-22/h9-12H,3-8H2,1-2H3,(H2,24,27)(H,25,28). The molecule has 8 heteroatoms. The molecule has 1 aliphatic rings. The van der Waals surface area contributed by atoms with Gasteiger partial charge in [-0.1, -0.05) is 0 Å². The van der Waals surface area contributed by atoms with Gasteiger partial charge in [0.2, 0.25) is 0 Å². The Kier molecular flexibility index (Phi) is 5.82. The molecule has 0 fully saturated rings. The van der Waals surface area contributed by atoms with Crippen molar-refractivity contribution < 1.29 is 14.0 Å². The van der Waals surface area contributed by atoms with Crippen LogP contribution >= 0.6 is 11.3 Å². The van der Waals surface area contributed by atoms with Gasteiger partial charge in [0.1, 0.15) is 16.1 Å². The smallest absolute Gasteiger partial charge is 0.349 e. The van der Waals surface area contributed by atoms with E-state index in [1.165, 1.54) is 17.4 Å². The van der Waals surface area contributed by atoms with Crippen LogP contribution in [-0.4, -0.2) is 24.9 Å². The maximum atomic E-state index is 12.9. The fourth-order valence-electron chi connectivity index (χ4n) is 4.13. The van der Waals surface area contributed by atoms with Crippen molar-refractivity contribution in [3.8, 4) is 0 Å². The lowest BCUT2D eigenvalue weighted by molar-refractivity contribution is 0.100. The number of anilines is 2. The van der Waals surface area contributed by atoms with Crippen LogP contribution in [0, 0.1) is 0 Å². The first-order valence-corrected chi connectivity index (χ1v) is 11.3. The molecule has 2 amide bonds. The molecular formula is C23H25N3O4S. The number of carbonyl (C=O) groups is 2. The molecule has 2 aromatic heterocycles. The van der Waals surface area contributed by atoms with Gasteiger partial charge in [0.25, 0.3) is 11.8 Å². The zero-order valence-corrected chi connectivity index (χ0v) is 18.4. The molecule has 0 bridgehead atoms. The quantitative estimate of drug-likeness (QED) is 0.566. The summed E-state index contributed by atoms with van der Waals surface area (Å²) in [6.07, 6.45) is 3.67. The first kappa shape index (κ1) is 21.1. The van der Waals surface area contributed by atoms with E-state index in [4.69, 9.17) is 10.2 Å². The van der Waals surface area contributed by atoms with E-state index < -0.39 is 17.4 Å². The summed E-state index contributed by atoms with van der Waals surface area (Å²) in [5.74, 6) is -1.17. The minimum atomic E-state index is -0.719. The van der Waals surface area contributed by atoms with Crippen molar-refractivity contribution in [2.45, 2.75) is 39.5 Å². The van der Waals surface area contributed by atoms with Gasteiger partial charge in [-0.05, 0) is 63.3 Å². The number of thiophene rings is 1. The highest BCUT2D eigenvalue weighted by molar-refractivity contribution is 7.17. The van der Waals surface area contributed by atoms with Crippen molar-refractivity contribution in [3.05, 3.63) is 56.3 Å². The normalized spacial score (nSPS) is 13.1. The lowest BCUT2D eigenvalue weighted by Crippen LogP contribution is -2.23. The molecule has 0 saturated heterocycles. The zero-order valence-electron chi connectivity index (χ0n) is 17.6. The number of benzene rings is 1. The number of hydrogen-bond donors (Lipinski definition) is 2. The second-order valence-corrected chi connectivity index (χ2v) is 8.68. The van der Waals surface area contributed by atoms with E-state index in [9.17, 15) is 14.4 Å². The number of rotatable bonds is 6.